The highest BCUT2D eigenvalue weighted by Gasteiger charge is 2.20. The monoisotopic (exact) mass is 615 g/mol. The molecule has 0 aliphatic rings. The molecule has 0 radical (unpaired) electrons. The predicted molar refractivity (Wildman–Crippen MR) is 168 cm³/mol. The second-order valence-corrected chi connectivity index (χ2v) is 10.0. The number of hydrogen-bond donors (Lipinski definition) is 7. The minimum atomic E-state index is -0.771. The first-order chi connectivity index (χ1) is 21.2. The molecule has 15 heteroatoms. The first-order valence-corrected chi connectivity index (χ1v) is 15.1. The van der Waals surface area contributed by atoms with E-state index in [9.17, 15) is 19.2 Å². The van der Waals surface area contributed by atoms with Crippen molar-refractivity contribution < 1.29 is 19.2 Å². The standard InChI is InChI=1S/C25H38N10O4.C4H11N/c1-17-32-34-24(35-33-17)19-8-6-18(7-9-19)15-22(37)30-16-23(38)31-20(25(39)29-14-4-11-26)5-2-3-13-28-21(36)10-12-27;1-2-3-4-5/h6-9,20H,2-5,10-16,26-27H2,1H3,(H,28,36)(H,29,39)(H,30,37)(H,31,38);2-5H2,1H3. The summed E-state index contributed by atoms with van der Waals surface area (Å²) in [7, 11) is 0. The zero-order chi connectivity index (χ0) is 32.6. The van der Waals surface area contributed by atoms with Crippen LogP contribution in [0, 0.1) is 6.92 Å². The molecule has 2 aromatic rings. The van der Waals surface area contributed by atoms with E-state index >= 15 is 0 Å². The third kappa shape index (κ3) is 17.1. The fourth-order valence-corrected chi connectivity index (χ4v) is 3.67. The van der Waals surface area contributed by atoms with Gasteiger partial charge in [-0.15, -0.1) is 20.4 Å². The smallest absolute Gasteiger partial charge is 0.242 e. The summed E-state index contributed by atoms with van der Waals surface area (Å²) in [6, 6.07) is 6.28. The number of amides is 4. The molecule has 10 N–H and O–H groups in total. The van der Waals surface area contributed by atoms with E-state index < -0.39 is 11.9 Å². The lowest BCUT2D eigenvalue weighted by Gasteiger charge is -2.19. The molecule has 1 unspecified atom stereocenters. The number of aromatic nitrogens is 4. The number of rotatable bonds is 19. The van der Waals surface area contributed by atoms with Crippen LogP contribution in [0.2, 0.25) is 0 Å². The molecule has 4 amide bonds. The van der Waals surface area contributed by atoms with Crippen LogP contribution in [0.5, 0.6) is 0 Å². The van der Waals surface area contributed by atoms with Crippen LogP contribution in [0.3, 0.4) is 0 Å². The van der Waals surface area contributed by atoms with Crippen molar-refractivity contribution in [3.05, 3.63) is 35.7 Å². The van der Waals surface area contributed by atoms with Gasteiger partial charge >= 0.3 is 0 Å². The molecule has 2 rings (SSSR count). The Morgan fingerprint density at radius 2 is 1.41 bits per heavy atom. The largest absolute Gasteiger partial charge is 0.356 e. The molecule has 0 bridgehead atoms. The Balaban J connectivity index is 0.00000178. The van der Waals surface area contributed by atoms with Crippen molar-refractivity contribution in [2.45, 2.75) is 71.3 Å². The van der Waals surface area contributed by atoms with Crippen LogP contribution in [-0.2, 0) is 25.6 Å². The highest BCUT2D eigenvalue weighted by molar-refractivity contribution is 5.90. The highest BCUT2D eigenvalue weighted by Crippen LogP contribution is 2.14. The lowest BCUT2D eigenvalue weighted by atomic mass is 10.1. The molecule has 1 atom stereocenters. The van der Waals surface area contributed by atoms with Gasteiger partial charge in [-0.2, -0.15) is 0 Å². The first kappa shape index (κ1) is 37.9. The number of benzene rings is 1. The molecule has 1 heterocycles. The van der Waals surface area contributed by atoms with Crippen molar-refractivity contribution in [1.82, 2.24) is 41.7 Å². The molecule has 0 aliphatic carbocycles. The summed E-state index contributed by atoms with van der Waals surface area (Å²) in [5.74, 6) is -0.415. The summed E-state index contributed by atoms with van der Waals surface area (Å²) in [4.78, 5) is 49.0. The number of nitrogens with zero attached hydrogens (tertiary/aromatic N) is 4. The van der Waals surface area contributed by atoms with E-state index in [0.29, 0.717) is 62.5 Å². The van der Waals surface area contributed by atoms with Crippen LogP contribution < -0.4 is 38.5 Å². The fraction of sp³-hybridized carbons (Fsp3) is 0.586. The van der Waals surface area contributed by atoms with E-state index in [1.54, 1.807) is 31.2 Å². The number of carbonyl (C=O) groups excluding carboxylic acids is 4. The summed E-state index contributed by atoms with van der Waals surface area (Å²) in [6.45, 7) is 5.97. The molecule has 0 aliphatic heterocycles. The number of nitrogens with two attached hydrogens (primary N) is 3. The van der Waals surface area contributed by atoms with Gasteiger partial charge in [-0.1, -0.05) is 37.6 Å². The summed E-state index contributed by atoms with van der Waals surface area (Å²) < 4.78 is 0. The van der Waals surface area contributed by atoms with Gasteiger partial charge in [0.05, 0.1) is 13.0 Å². The number of unbranched alkanes of at least 4 members (excludes halogenated alkanes) is 2. The van der Waals surface area contributed by atoms with Crippen molar-refractivity contribution in [3.63, 3.8) is 0 Å². The normalized spacial score (nSPS) is 11.0. The Bertz CT molecular complexity index is 1110. The third-order valence-electron chi connectivity index (χ3n) is 6.10. The maximum atomic E-state index is 12.6. The van der Waals surface area contributed by atoms with Crippen LogP contribution in [0.4, 0.5) is 0 Å². The molecule has 0 saturated carbocycles. The molecule has 244 valence electrons. The Morgan fingerprint density at radius 3 is 2.00 bits per heavy atom. The lowest BCUT2D eigenvalue weighted by Crippen LogP contribution is -2.49. The van der Waals surface area contributed by atoms with Gasteiger partial charge in [0.2, 0.25) is 29.5 Å². The highest BCUT2D eigenvalue weighted by atomic mass is 16.2. The zero-order valence-corrected chi connectivity index (χ0v) is 25.9. The third-order valence-corrected chi connectivity index (χ3v) is 6.10. The van der Waals surface area contributed by atoms with Crippen LogP contribution in [-0.4, -0.2) is 89.3 Å². The van der Waals surface area contributed by atoms with Crippen LogP contribution in [0.1, 0.15) is 63.3 Å². The van der Waals surface area contributed by atoms with E-state index in [1.807, 2.05) is 0 Å². The van der Waals surface area contributed by atoms with Crippen LogP contribution in [0.15, 0.2) is 24.3 Å². The van der Waals surface area contributed by atoms with Gasteiger partial charge in [-0.3, -0.25) is 19.2 Å². The predicted octanol–water partition coefficient (Wildman–Crippen LogP) is -0.769. The van der Waals surface area contributed by atoms with E-state index in [0.717, 1.165) is 12.1 Å². The number of aryl methyl sites for hydroxylation is 1. The number of nitrogens with one attached hydrogen (secondary N) is 4. The van der Waals surface area contributed by atoms with Crippen molar-refractivity contribution in [3.8, 4) is 11.4 Å². The van der Waals surface area contributed by atoms with Crippen molar-refractivity contribution in [2.24, 2.45) is 17.2 Å². The quantitative estimate of drug-likeness (QED) is 0.0967. The van der Waals surface area contributed by atoms with E-state index in [2.05, 4.69) is 48.6 Å². The molecule has 0 fully saturated rings. The maximum Gasteiger partial charge on any atom is 0.242 e. The molecule has 1 aromatic carbocycles. The average molecular weight is 616 g/mol. The van der Waals surface area contributed by atoms with Gasteiger partial charge in [0.25, 0.3) is 0 Å². The van der Waals surface area contributed by atoms with Gasteiger partial charge in [0, 0.05) is 31.6 Å². The zero-order valence-electron chi connectivity index (χ0n) is 25.9. The Morgan fingerprint density at radius 1 is 0.750 bits per heavy atom. The first-order valence-electron chi connectivity index (χ1n) is 15.1. The van der Waals surface area contributed by atoms with E-state index in [-0.39, 0.29) is 43.7 Å². The summed E-state index contributed by atoms with van der Waals surface area (Å²) in [5.41, 5.74) is 17.4. The SMILES string of the molecule is CCCCN.Cc1nnc(-c2ccc(CC(=O)NCC(=O)NC(CCCCNC(=O)CCN)C(=O)NCCCN)cc2)nn1. The molecular weight excluding hydrogens is 566 g/mol. The van der Waals surface area contributed by atoms with Gasteiger partial charge < -0.3 is 38.5 Å². The minimum Gasteiger partial charge on any atom is -0.356 e. The van der Waals surface area contributed by atoms with E-state index in [1.165, 1.54) is 12.8 Å². The Hall–Kier alpha value is -4.08. The summed E-state index contributed by atoms with van der Waals surface area (Å²) in [6.07, 6.45) is 4.94. The van der Waals surface area contributed by atoms with Gasteiger partial charge in [0.1, 0.15) is 6.04 Å². The lowest BCUT2D eigenvalue weighted by molar-refractivity contribution is -0.129. The average Bonchev–Trinajstić information content (AvgIpc) is 3.01. The molecule has 0 spiro atoms. The maximum absolute atomic E-state index is 12.6. The van der Waals surface area contributed by atoms with Gasteiger partial charge in [-0.25, -0.2) is 0 Å². The second kappa shape index (κ2) is 23.4. The van der Waals surface area contributed by atoms with Crippen molar-refractivity contribution >= 4 is 23.6 Å². The summed E-state index contributed by atoms with van der Waals surface area (Å²) in [5, 5.41) is 26.5. The van der Waals surface area contributed by atoms with E-state index in [4.69, 9.17) is 17.2 Å². The minimum absolute atomic E-state index is 0.0672. The Labute approximate surface area is 259 Å². The molecule has 44 heavy (non-hydrogen) atoms. The van der Waals surface area contributed by atoms with Crippen molar-refractivity contribution in [2.75, 3.05) is 39.3 Å². The van der Waals surface area contributed by atoms with Gasteiger partial charge in [-0.05, 0) is 57.7 Å². The number of carbonyl (C=O) groups is 4. The topological polar surface area (TPSA) is 246 Å². The molecular formula is C29H49N11O4. The van der Waals surface area contributed by atoms with Crippen LogP contribution >= 0.6 is 0 Å². The fourth-order valence-electron chi connectivity index (χ4n) is 3.67. The van der Waals surface area contributed by atoms with Crippen LogP contribution in [0.25, 0.3) is 11.4 Å². The molecule has 0 saturated heterocycles. The molecule has 15 nitrogen and oxygen atoms in total. The Kier molecular flexibility index (Phi) is 20.2. The summed E-state index contributed by atoms with van der Waals surface area (Å²) >= 11 is 0. The van der Waals surface area contributed by atoms with Crippen molar-refractivity contribution in [1.29, 1.82) is 0 Å². The van der Waals surface area contributed by atoms with Gasteiger partial charge in [0.15, 0.2) is 5.82 Å². The molecule has 1 aromatic heterocycles. The second-order valence-electron chi connectivity index (χ2n) is 10.0. The number of hydrogen-bond acceptors (Lipinski definition) is 11.